The lowest BCUT2D eigenvalue weighted by atomic mass is 10.2. The third kappa shape index (κ3) is 5.53. The van der Waals surface area contributed by atoms with Crippen LogP contribution in [0, 0.1) is 6.92 Å². The first kappa shape index (κ1) is 18.3. The van der Waals surface area contributed by atoms with Gasteiger partial charge in [-0.05, 0) is 48.7 Å². The molecule has 6 nitrogen and oxygen atoms in total. The van der Waals surface area contributed by atoms with Gasteiger partial charge in [-0.1, -0.05) is 25.1 Å². The first-order valence-corrected chi connectivity index (χ1v) is 8.10. The third-order valence-electron chi connectivity index (χ3n) is 3.42. The fourth-order valence-corrected chi connectivity index (χ4v) is 2.13. The maximum atomic E-state index is 11.9. The highest BCUT2D eigenvalue weighted by atomic mass is 16.5. The van der Waals surface area contributed by atoms with E-state index in [0.29, 0.717) is 18.1 Å². The highest BCUT2D eigenvalue weighted by Gasteiger charge is 2.05. The summed E-state index contributed by atoms with van der Waals surface area (Å²) in [6, 6.07) is 12.6. The number of methoxy groups -OCH3 is 1. The number of hydrogen-bond donors (Lipinski definition) is 2. The van der Waals surface area contributed by atoms with Crippen LogP contribution in [-0.4, -0.2) is 26.0 Å². The first-order valence-electron chi connectivity index (χ1n) is 8.10. The maximum Gasteiger partial charge on any atom is 0.339 e. The fourth-order valence-electron chi connectivity index (χ4n) is 2.13. The molecule has 2 aromatic rings. The van der Waals surface area contributed by atoms with Crippen molar-refractivity contribution < 1.29 is 14.3 Å². The Morgan fingerprint density at radius 3 is 2.72 bits per heavy atom. The smallest absolute Gasteiger partial charge is 0.339 e. The minimum Gasteiger partial charge on any atom is -0.493 e. The lowest BCUT2D eigenvalue weighted by Gasteiger charge is -2.10. The number of anilines is 1. The number of ether oxygens (including phenoxy) is 2. The van der Waals surface area contributed by atoms with Gasteiger partial charge in [0.25, 0.3) is 0 Å². The Kier molecular flexibility index (Phi) is 6.83. The van der Waals surface area contributed by atoms with Gasteiger partial charge in [0.15, 0.2) is 11.5 Å². The summed E-state index contributed by atoms with van der Waals surface area (Å²) in [7, 11) is 1.60. The van der Waals surface area contributed by atoms with Gasteiger partial charge in [-0.15, -0.1) is 0 Å². The lowest BCUT2D eigenvalue weighted by molar-refractivity contribution is 0.252. The number of nitrogens with zero attached hydrogens (tertiary/aromatic N) is 1. The number of aryl methyl sites for hydroxylation is 1. The molecule has 0 aromatic heterocycles. The van der Waals surface area contributed by atoms with Crippen LogP contribution >= 0.6 is 0 Å². The van der Waals surface area contributed by atoms with E-state index in [-0.39, 0.29) is 0 Å². The van der Waals surface area contributed by atoms with Crippen LogP contribution in [-0.2, 0) is 0 Å². The predicted molar refractivity (Wildman–Crippen MR) is 99.7 cm³/mol. The van der Waals surface area contributed by atoms with Gasteiger partial charge in [0.2, 0.25) is 0 Å². The van der Waals surface area contributed by atoms with Crippen LogP contribution in [0.25, 0.3) is 0 Å². The Balaban J connectivity index is 1.97. The fraction of sp³-hybridized carbons (Fsp3) is 0.263. The van der Waals surface area contributed by atoms with Gasteiger partial charge in [-0.2, -0.15) is 5.10 Å². The quantitative estimate of drug-likeness (QED) is 0.592. The maximum absolute atomic E-state index is 11.9. The Labute approximate surface area is 147 Å². The molecule has 132 valence electrons. The van der Waals surface area contributed by atoms with Crippen molar-refractivity contribution in [3.05, 3.63) is 53.6 Å². The molecular formula is C19H23N3O3. The molecule has 6 heteroatoms. The number of rotatable bonds is 7. The molecule has 0 aliphatic heterocycles. The third-order valence-corrected chi connectivity index (χ3v) is 3.42. The molecule has 0 saturated heterocycles. The second kappa shape index (κ2) is 9.32. The molecule has 0 fully saturated rings. The van der Waals surface area contributed by atoms with E-state index < -0.39 is 6.03 Å². The zero-order chi connectivity index (χ0) is 18.1. The number of urea groups is 1. The Morgan fingerprint density at radius 1 is 1.20 bits per heavy atom. The van der Waals surface area contributed by atoms with Crippen LogP contribution in [0.1, 0.15) is 24.5 Å². The van der Waals surface area contributed by atoms with Crippen molar-refractivity contribution in [1.29, 1.82) is 0 Å². The number of para-hydroxylation sites is 1. The molecular weight excluding hydrogens is 318 g/mol. The van der Waals surface area contributed by atoms with Gasteiger partial charge in [-0.3, -0.25) is 0 Å². The average Bonchev–Trinajstić information content (AvgIpc) is 2.62. The van der Waals surface area contributed by atoms with E-state index in [0.717, 1.165) is 23.2 Å². The van der Waals surface area contributed by atoms with Gasteiger partial charge < -0.3 is 14.8 Å². The molecule has 0 bridgehead atoms. The monoisotopic (exact) mass is 341 g/mol. The van der Waals surface area contributed by atoms with E-state index in [9.17, 15) is 4.79 Å². The van der Waals surface area contributed by atoms with Crippen LogP contribution in [0.2, 0.25) is 0 Å². The first-order chi connectivity index (χ1) is 12.1. The molecule has 2 N–H and O–H groups in total. The summed E-state index contributed by atoms with van der Waals surface area (Å²) >= 11 is 0. The second-order valence-electron chi connectivity index (χ2n) is 5.40. The molecule has 0 aliphatic carbocycles. The molecule has 0 heterocycles. The zero-order valence-corrected chi connectivity index (χ0v) is 14.7. The van der Waals surface area contributed by atoms with Crippen molar-refractivity contribution in [2.24, 2.45) is 5.10 Å². The number of benzene rings is 2. The Bertz CT molecular complexity index is 744. The summed E-state index contributed by atoms with van der Waals surface area (Å²) < 4.78 is 10.9. The molecule has 0 radical (unpaired) electrons. The summed E-state index contributed by atoms with van der Waals surface area (Å²) in [6.45, 7) is 4.57. The zero-order valence-electron chi connectivity index (χ0n) is 14.7. The second-order valence-corrected chi connectivity index (χ2v) is 5.40. The molecule has 0 unspecified atom stereocenters. The van der Waals surface area contributed by atoms with Crippen molar-refractivity contribution in [1.82, 2.24) is 5.43 Å². The normalized spacial score (nSPS) is 10.5. The van der Waals surface area contributed by atoms with E-state index in [1.807, 2.05) is 50.2 Å². The van der Waals surface area contributed by atoms with Gasteiger partial charge in [0.05, 0.1) is 19.9 Å². The van der Waals surface area contributed by atoms with Gasteiger partial charge in [0.1, 0.15) is 0 Å². The SMILES string of the molecule is CCCOc1cc(/C=N\NC(=O)Nc2ccccc2C)ccc1OC. The van der Waals surface area contributed by atoms with Crippen LogP contribution < -0.4 is 20.2 Å². The van der Waals surface area contributed by atoms with Crippen molar-refractivity contribution >= 4 is 17.9 Å². The number of carbonyl (C=O) groups is 1. The van der Waals surface area contributed by atoms with Crippen molar-refractivity contribution in [3.8, 4) is 11.5 Å². The molecule has 0 saturated carbocycles. The van der Waals surface area contributed by atoms with Crippen molar-refractivity contribution in [2.45, 2.75) is 20.3 Å². The number of amides is 2. The van der Waals surface area contributed by atoms with Crippen LogP contribution in [0.3, 0.4) is 0 Å². The minimum absolute atomic E-state index is 0.401. The van der Waals surface area contributed by atoms with Crippen LogP contribution in [0.5, 0.6) is 11.5 Å². The summed E-state index contributed by atoms with van der Waals surface area (Å²) in [5.41, 5.74) is 4.97. The van der Waals surface area contributed by atoms with Crippen LogP contribution in [0.4, 0.5) is 10.5 Å². The van der Waals surface area contributed by atoms with Gasteiger partial charge in [-0.25, -0.2) is 10.2 Å². The highest BCUT2D eigenvalue weighted by molar-refractivity contribution is 5.91. The molecule has 2 rings (SSSR count). The van der Waals surface area contributed by atoms with Gasteiger partial charge >= 0.3 is 6.03 Å². The molecule has 2 aromatic carbocycles. The average molecular weight is 341 g/mol. The number of nitrogens with one attached hydrogen (secondary N) is 2. The van der Waals surface area contributed by atoms with Gasteiger partial charge in [0, 0.05) is 5.69 Å². The predicted octanol–water partition coefficient (Wildman–Crippen LogP) is 3.95. The lowest BCUT2D eigenvalue weighted by Crippen LogP contribution is -2.24. The van der Waals surface area contributed by atoms with E-state index in [2.05, 4.69) is 15.8 Å². The highest BCUT2D eigenvalue weighted by Crippen LogP contribution is 2.27. The summed E-state index contributed by atoms with van der Waals surface area (Å²) in [5, 5.41) is 6.71. The molecule has 0 atom stereocenters. The summed E-state index contributed by atoms with van der Waals surface area (Å²) in [4.78, 5) is 11.9. The van der Waals surface area contributed by atoms with Crippen molar-refractivity contribution in [2.75, 3.05) is 19.0 Å². The van der Waals surface area contributed by atoms with E-state index >= 15 is 0 Å². The number of hydrogen-bond acceptors (Lipinski definition) is 4. The topological polar surface area (TPSA) is 72.0 Å². The number of carbonyl (C=O) groups excluding carboxylic acids is 1. The van der Waals surface area contributed by atoms with Crippen molar-refractivity contribution in [3.63, 3.8) is 0 Å². The van der Waals surface area contributed by atoms with E-state index in [4.69, 9.17) is 9.47 Å². The van der Waals surface area contributed by atoms with E-state index in [1.165, 1.54) is 0 Å². The minimum atomic E-state index is -0.401. The largest absolute Gasteiger partial charge is 0.493 e. The van der Waals surface area contributed by atoms with E-state index in [1.54, 1.807) is 19.4 Å². The summed E-state index contributed by atoms with van der Waals surface area (Å²) in [6.07, 6.45) is 2.46. The molecule has 0 spiro atoms. The molecule has 25 heavy (non-hydrogen) atoms. The standard InChI is InChI=1S/C19H23N3O3/c1-4-11-25-18-12-15(9-10-17(18)24-3)13-20-22-19(23)21-16-8-6-5-7-14(16)2/h5-10,12-13H,4,11H2,1-3H3,(H2,21,22,23)/b20-13-. The Hall–Kier alpha value is -3.02. The molecule has 2 amide bonds. The summed E-state index contributed by atoms with van der Waals surface area (Å²) in [5.74, 6) is 1.31. The Morgan fingerprint density at radius 2 is 2.00 bits per heavy atom. The van der Waals surface area contributed by atoms with Crippen LogP contribution in [0.15, 0.2) is 47.6 Å². The number of hydrazone groups is 1. The molecule has 0 aliphatic rings.